The zero-order chi connectivity index (χ0) is 15.9. The van der Waals surface area contributed by atoms with Gasteiger partial charge < -0.3 is 15.2 Å². The van der Waals surface area contributed by atoms with Crippen LogP contribution in [-0.2, 0) is 0 Å². The molecule has 0 bridgehead atoms. The molecular weight excluding hydrogens is 378 g/mol. The van der Waals surface area contributed by atoms with Gasteiger partial charge in [0.1, 0.15) is 5.75 Å². The topological polar surface area (TPSA) is 41.5 Å². The first kappa shape index (κ1) is 20.0. The first-order valence-corrected chi connectivity index (χ1v) is 7.76. The van der Waals surface area contributed by atoms with Gasteiger partial charge in [-0.25, -0.2) is 0 Å². The van der Waals surface area contributed by atoms with Crippen LogP contribution >= 0.6 is 28.6 Å². The van der Waals surface area contributed by atoms with Gasteiger partial charge in [-0.15, -0.1) is 17.0 Å². The third kappa shape index (κ3) is 6.15. The van der Waals surface area contributed by atoms with Crippen molar-refractivity contribution in [1.82, 2.24) is 5.32 Å². The van der Waals surface area contributed by atoms with Gasteiger partial charge in [0, 0.05) is 18.1 Å². The molecule has 0 aromatic heterocycles. The number of aliphatic hydroxyl groups is 1. The number of rotatable bonds is 7. The highest BCUT2D eigenvalue weighted by atomic mass is 79.9. The molecule has 0 spiro atoms. The van der Waals surface area contributed by atoms with E-state index in [2.05, 4.69) is 24.4 Å². The molecule has 0 saturated carbocycles. The summed E-state index contributed by atoms with van der Waals surface area (Å²) in [4.78, 5) is 0. The Kier molecular flexibility index (Phi) is 8.63. The third-order valence-corrected chi connectivity index (χ3v) is 3.94. The summed E-state index contributed by atoms with van der Waals surface area (Å²) in [5, 5.41) is 14.1. The number of ether oxygens (including phenoxy) is 1. The van der Waals surface area contributed by atoms with Gasteiger partial charge in [0.25, 0.3) is 0 Å². The second-order valence-corrected chi connectivity index (χ2v) is 5.84. The van der Waals surface area contributed by atoms with Crippen LogP contribution in [0.25, 0.3) is 0 Å². The molecule has 2 aromatic carbocycles. The second kappa shape index (κ2) is 9.93. The van der Waals surface area contributed by atoms with Gasteiger partial charge in [-0.05, 0) is 41.3 Å². The number of hydrogen-bond donors (Lipinski definition) is 2. The molecule has 0 amide bonds. The van der Waals surface area contributed by atoms with Crippen LogP contribution in [0, 0.1) is 0 Å². The molecule has 3 nitrogen and oxygen atoms in total. The van der Waals surface area contributed by atoms with E-state index in [9.17, 15) is 5.11 Å². The fourth-order valence-corrected chi connectivity index (χ4v) is 2.52. The van der Waals surface area contributed by atoms with Crippen molar-refractivity contribution in [1.29, 1.82) is 0 Å². The molecule has 23 heavy (non-hydrogen) atoms. The van der Waals surface area contributed by atoms with Crippen LogP contribution in [0.1, 0.15) is 30.1 Å². The molecule has 0 aliphatic heterocycles. The van der Waals surface area contributed by atoms with Crippen LogP contribution in [0.15, 0.2) is 48.5 Å². The Hall–Kier alpha value is -1.07. The van der Waals surface area contributed by atoms with Gasteiger partial charge in [-0.3, -0.25) is 0 Å². The summed E-state index contributed by atoms with van der Waals surface area (Å²) in [5.74, 6) is 1.22. The van der Waals surface area contributed by atoms with Gasteiger partial charge in [-0.1, -0.05) is 42.8 Å². The van der Waals surface area contributed by atoms with Crippen LogP contribution < -0.4 is 10.1 Å². The van der Waals surface area contributed by atoms with E-state index in [0.717, 1.165) is 17.9 Å². The van der Waals surface area contributed by atoms with Crippen molar-refractivity contribution in [2.75, 3.05) is 20.2 Å². The Morgan fingerprint density at radius 1 is 1.09 bits per heavy atom. The molecular formula is C18H23BrClNO2. The summed E-state index contributed by atoms with van der Waals surface area (Å²) in [7, 11) is 1.66. The van der Waals surface area contributed by atoms with Crippen LogP contribution in [0.3, 0.4) is 0 Å². The lowest BCUT2D eigenvalue weighted by atomic mass is 10.0. The van der Waals surface area contributed by atoms with E-state index in [4.69, 9.17) is 16.3 Å². The van der Waals surface area contributed by atoms with Crippen molar-refractivity contribution < 1.29 is 9.84 Å². The van der Waals surface area contributed by atoms with E-state index in [1.54, 1.807) is 19.2 Å². The molecule has 2 rings (SSSR count). The lowest BCUT2D eigenvalue weighted by Crippen LogP contribution is -2.25. The number of nitrogens with one attached hydrogen (secondary N) is 1. The van der Waals surface area contributed by atoms with Gasteiger partial charge in [0.05, 0.1) is 13.2 Å². The molecule has 2 aromatic rings. The number of hydrogen-bond acceptors (Lipinski definition) is 3. The molecule has 0 heterocycles. The predicted molar refractivity (Wildman–Crippen MR) is 101 cm³/mol. The van der Waals surface area contributed by atoms with Crippen molar-refractivity contribution >= 4 is 28.6 Å². The highest BCUT2D eigenvalue weighted by Crippen LogP contribution is 2.20. The Bertz CT molecular complexity index is 592. The van der Waals surface area contributed by atoms with E-state index in [1.807, 2.05) is 24.3 Å². The van der Waals surface area contributed by atoms with Crippen molar-refractivity contribution in [2.45, 2.75) is 18.9 Å². The summed E-state index contributed by atoms with van der Waals surface area (Å²) in [6.07, 6.45) is -0.554. The Labute approximate surface area is 153 Å². The average molecular weight is 401 g/mol. The molecule has 2 N–H and O–H groups in total. The smallest absolute Gasteiger partial charge is 0.118 e. The SMILES string of the molecule is Br.COc1ccc(C(C)CNCC(O)c2cccc(Cl)c2)cc1. The molecule has 2 unspecified atom stereocenters. The van der Waals surface area contributed by atoms with E-state index < -0.39 is 6.10 Å². The highest BCUT2D eigenvalue weighted by Gasteiger charge is 2.10. The molecule has 5 heteroatoms. The Balaban J connectivity index is 0.00000264. The third-order valence-electron chi connectivity index (χ3n) is 3.71. The lowest BCUT2D eigenvalue weighted by Gasteiger charge is -2.16. The number of aliphatic hydroxyl groups excluding tert-OH is 1. The molecule has 0 radical (unpaired) electrons. The van der Waals surface area contributed by atoms with Crippen LogP contribution in [-0.4, -0.2) is 25.3 Å². The summed E-state index contributed by atoms with van der Waals surface area (Å²) < 4.78 is 5.16. The monoisotopic (exact) mass is 399 g/mol. The summed E-state index contributed by atoms with van der Waals surface area (Å²) >= 11 is 5.94. The first-order chi connectivity index (χ1) is 10.6. The maximum absolute atomic E-state index is 10.2. The maximum atomic E-state index is 10.2. The average Bonchev–Trinajstić information content (AvgIpc) is 2.54. The van der Waals surface area contributed by atoms with E-state index in [0.29, 0.717) is 17.5 Å². The summed E-state index contributed by atoms with van der Waals surface area (Å²) in [6, 6.07) is 15.4. The van der Waals surface area contributed by atoms with Crippen molar-refractivity contribution in [2.24, 2.45) is 0 Å². The van der Waals surface area contributed by atoms with Gasteiger partial charge in [0.15, 0.2) is 0 Å². The number of methoxy groups -OCH3 is 1. The van der Waals surface area contributed by atoms with E-state index in [1.165, 1.54) is 5.56 Å². The molecule has 0 aliphatic carbocycles. The summed E-state index contributed by atoms with van der Waals surface area (Å²) in [5.41, 5.74) is 2.07. The fourth-order valence-electron chi connectivity index (χ4n) is 2.32. The van der Waals surface area contributed by atoms with E-state index >= 15 is 0 Å². The minimum atomic E-state index is -0.554. The summed E-state index contributed by atoms with van der Waals surface area (Å²) in [6.45, 7) is 3.45. The lowest BCUT2D eigenvalue weighted by molar-refractivity contribution is 0.174. The van der Waals surface area contributed by atoms with Crippen molar-refractivity contribution in [3.05, 3.63) is 64.7 Å². The molecule has 126 valence electrons. The van der Waals surface area contributed by atoms with Crippen LogP contribution in [0.5, 0.6) is 5.75 Å². The van der Waals surface area contributed by atoms with Crippen molar-refractivity contribution in [3.63, 3.8) is 0 Å². The van der Waals surface area contributed by atoms with Gasteiger partial charge in [-0.2, -0.15) is 0 Å². The number of benzene rings is 2. The first-order valence-electron chi connectivity index (χ1n) is 7.38. The van der Waals surface area contributed by atoms with Crippen LogP contribution in [0.2, 0.25) is 5.02 Å². The molecule has 2 atom stereocenters. The highest BCUT2D eigenvalue weighted by molar-refractivity contribution is 8.93. The normalized spacial score (nSPS) is 13.0. The Morgan fingerprint density at radius 2 is 1.78 bits per heavy atom. The molecule has 0 saturated heterocycles. The largest absolute Gasteiger partial charge is 0.497 e. The fraction of sp³-hybridized carbons (Fsp3) is 0.333. The number of halogens is 2. The molecule has 0 aliphatic rings. The van der Waals surface area contributed by atoms with Gasteiger partial charge >= 0.3 is 0 Å². The van der Waals surface area contributed by atoms with E-state index in [-0.39, 0.29) is 17.0 Å². The van der Waals surface area contributed by atoms with Crippen LogP contribution in [0.4, 0.5) is 0 Å². The predicted octanol–water partition coefficient (Wildman–Crippen LogP) is 4.35. The maximum Gasteiger partial charge on any atom is 0.118 e. The van der Waals surface area contributed by atoms with Crippen molar-refractivity contribution in [3.8, 4) is 5.75 Å². The minimum Gasteiger partial charge on any atom is -0.497 e. The quantitative estimate of drug-likeness (QED) is 0.726. The zero-order valence-electron chi connectivity index (χ0n) is 13.3. The minimum absolute atomic E-state index is 0. The molecule has 0 fully saturated rings. The Morgan fingerprint density at radius 3 is 2.39 bits per heavy atom. The second-order valence-electron chi connectivity index (χ2n) is 5.40. The van der Waals surface area contributed by atoms with Gasteiger partial charge in [0.2, 0.25) is 0 Å². The standard InChI is InChI=1S/C18H22ClNO2.BrH/c1-13(14-6-8-17(22-2)9-7-14)11-20-12-18(21)15-4-3-5-16(19)10-15;/h3-10,13,18,20-21H,11-12H2,1-2H3;1H. The zero-order valence-corrected chi connectivity index (χ0v) is 15.8.